The molecule has 19 nitrogen and oxygen atoms in total. The topological polar surface area (TPSA) is 242 Å². The maximum absolute atomic E-state index is 12.4. The maximum Gasteiger partial charge on any atom is 0.407 e. The van der Waals surface area contributed by atoms with Gasteiger partial charge in [-0.15, -0.1) is 0 Å². The number of hydrogen-bond donors (Lipinski definition) is 2. The molecular formula is C35H50N2O17. The molecule has 2 aliphatic rings. The van der Waals surface area contributed by atoms with Crippen LogP contribution in [0, 0.1) is 5.92 Å². The number of amides is 2. The highest BCUT2D eigenvalue weighted by molar-refractivity contribution is 5.69. The van der Waals surface area contributed by atoms with E-state index in [1.165, 1.54) is 6.92 Å². The van der Waals surface area contributed by atoms with Gasteiger partial charge in [-0.25, -0.2) is 9.59 Å². The molecule has 2 heterocycles. The van der Waals surface area contributed by atoms with E-state index in [2.05, 4.69) is 5.32 Å². The predicted molar refractivity (Wildman–Crippen MR) is 181 cm³/mol. The van der Waals surface area contributed by atoms with Crippen LogP contribution in [0.1, 0.15) is 53.5 Å². The Kier molecular flexibility index (Phi) is 17.8. The summed E-state index contributed by atoms with van der Waals surface area (Å²) in [6.07, 6.45) is -13.1. The fraction of sp³-hybridized carbons (Fsp3) is 0.657. The zero-order valence-electron chi connectivity index (χ0n) is 31.1. The third kappa shape index (κ3) is 14.0. The number of carbonyl (C=O) groups excluding carboxylic acids is 6. The first kappa shape index (κ1) is 43.8. The lowest BCUT2D eigenvalue weighted by atomic mass is 9.88. The zero-order chi connectivity index (χ0) is 39.8. The van der Waals surface area contributed by atoms with Crippen molar-refractivity contribution in [3.05, 3.63) is 35.9 Å². The number of nitrogens with two attached hydrogens (primary N) is 1. The molecule has 0 bridgehead atoms. The van der Waals surface area contributed by atoms with Crippen LogP contribution in [0.5, 0.6) is 0 Å². The summed E-state index contributed by atoms with van der Waals surface area (Å²) in [4.78, 5) is 72.7. The van der Waals surface area contributed by atoms with Gasteiger partial charge in [-0.05, 0) is 12.0 Å². The first-order valence-corrected chi connectivity index (χ1v) is 17.4. The van der Waals surface area contributed by atoms with Gasteiger partial charge in [-0.1, -0.05) is 44.2 Å². The van der Waals surface area contributed by atoms with Gasteiger partial charge in [0.15, 0.2) is 30.9 Å². The second-order valence-corrected chi connectivity index (χ2v) is 12.4. The fourth-order valence-corrected chi connectivity index (χ4v) is 5.87. The SMILES string of the molecule is CC[C@@H]1OC(OCCOCCNC(=O)OCc2ccccc2)[C@@H](O[C@H]2O[C@H](COC(C)=O)[C@@H](OC(N)=O)[C@H](OC(C)=O)[C@@H]2OC(C)=O)[C@@H](OC(C)=O)[C@@H]1C. The van der Waals surface area contributed by atoms with Crippen LogP contribution in [-0.2, 0) is 77.9 Å². The van der Waals surface area contributed by atoms with Gasteiger partial charge in [-0.3, -0.25) is 19.2 Å². The number of hydrogen-bond acceptors (Lipinski definition) is 17. The quantitative estimate of drug-likeness (QED) is 0.122. The lowest BCUT2D eigenvalue weighted by Gasteiger charge is -2.48. The molecule has 2 aliphatic heterocycles. The molecule has 2 saturated heterocycles. The summed E-state index contributed by atoms with van der Waals surface area (Å²) in [5.41, 5.74) is 6.14. The standard InChI is InChI=1S/C35H50N2O17/c1-7-25-19(2)27(48-21(4)39)30(32(51-25)45-16-15-44-14-13-37-35(43)47-17-24-11-9-8-10-12-24)53-33-31(50-23(6)41)29(49-22(5)40)28(54-34(36)42)26(52-33)18-46-20(3)38/h8-12,19,25-33H,7,13-18H2,1-6H3,(H2,36,42)(H,37,43)/t19-,25+,26-,27+,28-,29+,30+,31+,32?,33-/m1/s1. The number of benzene rings is 1. The number of rotatable bonds is 18. The minimum absolute atomic E-state index is 0.0407. The van der Waals surface area contributed by atoms with Crippen LogP contribution in [0.4, 0.5) is 9.59 Å². The normalized spacial score (nSPS) is 27.8. The molecule has 2 fully saturated rings. The van der Waals surface area contributed by atoms with Gasteiger partial charge < -0.3 is 63.2 Å². The molecule has 1 unspecified atom stereocenters. The van der Waals surface area contributed by atoms with E-state index < -0.39 is 104 Å². The van der Waals surface area contributed by atoms with E-state index in [0.717, 1.165) is 26.3 Å². The Morgan fingerprint density at radius 1 is 0.704 bits per heavy atom. The van der Waals surface area contributed by atoms with E-state index in [-0.39, 0.29) is 33.0 Å². The van der Waals surface area contributed by atoms with Crippen molar-refractivity contribution >= 4 is 36.1 Å². The third-order valence-electron chi connectivity index (χ3n) is 8.14. The van der Waals surface area contributed by atoms with Crippen molar-refractivity contribution in [3.63, 3.8) is 0 Å². The van der Waals surface area contributed by atoms with Crippen molar-refractivity contribution in [3.8, 4) is 0 Å². The van der Waals surface area contributed by atoms with Crippen molar-refractivity contribution in [1.29, 1.82) is 0 Å². The summed E-state index contributed by atoms with van der Waals surface area (Å²) in [6, 6.07) is 9.20. The smallest absolute Gasteiger partial charge is 0.407 e. The molecule has 1 aromatic carbocycles. The van der Waals surface area contributed by atoms with Crippen LogP contribution in [0.3, 0.4) is 0 Å². The lowest BCUT2D eigenvalue weighted by Crippen LogP contribution is -2.65. The van der Waals surface area contributed by atoms with E-state index in [0.29, 0.717) is 6.42 Å². The number of esters is 4. The molecule has 0 saturated carbocycles. The van der Waals surface area contributed by atoms with Crippen LogP contribution < -0.4 is 11.1 Å². The number of carbonyl (C=O) groups is 6. The number of alkyl carbamates (subject to hydrolysis) is 1. The van der Waals surface area contributed by atoms with Gasteiger partial charge in [0.25, 0.3) is 0 Å². The number of ether oxygens (including phenoxy) is 11. The molecule has 302 valence electrons. The van der Waals surface area contributed by atoms with Crippen molar-refractivity contribution in [2.45, 2.75) is 110 Å². The Labute approximate surface area is 312 Å². The van der Waals surface area contributed by atoms with Gasteiger partial charge >= 0.3 is 36.1 Å². The van der Waals surface area contributed by atoms with Gasteiger partial charge in [0, 0.05) is 40.2 Å². The van der Waals surface area contributed by atoms with Crippen LogP contribution in [0.15, 0.2) is 30.3 Å². The highest BCUT2D eigenvalue weighted by Crippen LogP contribution is 2.36. The van der Waals surface area contributed by atoms with E-state index >= 15 is 0 Å². The summed E-state index contributed by atoms with van der Waals surface area (Å²) in [7, 11) is 0. The summed E-state index contributed by atoms with van der Waals surface area (Å²) in [6.45, 7) is 7.97. The zero-order valence-corrected chi connectivity index (χ0v) is 31.1. The van der Waals surface area contributed by atoms with E-state index in [1.807, 2.05) is 37.3 Å². The Balaban J connectivity index is 1.78. The minimum Gasteiger partial charge on any atom is -0.463 e. The van der Waals surface area contributed by atoms with Crippen LogP contribution in [-0.4, -0.2) is 124 Å². The van der Waals surface area contributed by atoms with Crippen LogP contribution in [0.2, 0.25) is 0 Å². The molecule has 0 spiro atoms. The monoisotopic (exact) mass is 770 g/mol. The van der Waals surface area contributed by atoms with E-state index in [4.69, 9.17) is 57.8 Å². The lowest BCUT2D eigenvalue weighted by molar-refractivity contribution is -0.362. The van der Waals surface area contributed by atoms with Crippen molar-refractivity contribution in [2.75, 3.05) is 33.0 Å². The molecule has 3 N–H and O–H groups in total. The highest BCUT2D eigenvalue weighted by atomic mass is 16.8. The molecule has 0 aromatic heterocycles. The Hall–Kier alpha value is -4.56. The molecule has 2 amide bonds. The Bertz CT molecular complexity index is 1400. The van der Waals surface area contributed by atoms with Gasteiger partial charge in [0.2, 0.25) is 0 Å². The van der Waals surface area contributed by atoms with Crippen molar-refractivity contribution < 1.29 is 80.9 Å². The Morgan fingerprint density at radius 3 is 1.94 bits per heavy atom. The van der Waals surface area contributed by atoms with E-state index in [9.17, 15) is 28.8 Å². The van der Waals surface area contributed by atoms with Crippen LogP contribution in [0.25, 0.3) is 0 Å². The molecule has 19 heteroatoms. The summed E-state index contributed by atoms with van der Waals surface area (Å²) < 4.78 is 62.6. The number of primary amides is 1. The second-order valence-electron chi connectivity index (χ2n) is 12.4. The maximum atomic E-state index is 12.4. The van der Waals surface area contributed by atoms with Gasteiger partial charge in [-0.2, -0.15) is 0 Å². The van der Waals surface area contributed by atoms with Crippen molar-refractivity contribution in [2.24, 2.45) is 11.7 Å². The van der Waals surface area contributed by atoms with Crippen molar-refractivity contribution in [1.82, 2.24) is 5.32 Å². The molecule has 10 atom stereocenters. The predicted octanol–water partition coefficient (Wildman–Crippen LogP) is 1.65. The minimum atomic E-state index is -1.64. The fourth-order valence-electron chi connectivity index (χ4n) is 5.87. The summed E-state index contributed by atoms with van der Waals surface area (Å²) in [5, 5.41) is 2.59. The highest BCUT2D eigenvalue weighted by Gasteiger charge is 2.56. The first-order valence-electron chi connectivity index (χ1n) is 17.4. The summed E-state index contributed by atoms with van der Waals surface area (Å²) in [5.74, 6) is -3.54. The van der Waals surface area contributed by atoms with Crippen LogP contribution >= 0.6 is 0 Å². The van der Waals surface area contributed by atoms with Gasteiger partial charge in [0.05, 0.1) is 25.9 Å². The molecule has 54 heavy (non-hydrogen) atoms. The molecule has 0 aliphatic carbocycles. The molecular weight excluding hydrogens is 720 g/mol. The Morgan fingerprint density at radius 2 is 1.33 bits per heavy atom. The van der Waals surface area contributed by atoms with E-state index in [1.54, 1.807) is 6.92 Å². The molecule has 0 radical (unpaired) electrons. The molecule has 3 rings (SSSR count). The summed E-state index contributed by atoms with van der Waals surface area (Å²) >= 11 is 0. The second kappa shape index (κ2) is 22.0. The third-order valence-corrected chi connectivity index (χ3v) is 8.14. The van der Waals surface area contributed by atoms with Gasteiger partial charge in [0.1, 0.15) is 31.5 Å². The average Bonchev–Trinajstić information content (AvgIpc) is 3.10. The first-order chi connectivity index (χ1) is 25.7. The largest absolute Gasteiger partial charge is 0.463 e. The number of nitrogens with one attached hydrogen (secondary N) is 1. The average molecular weight is 771 g/mol. The molecule has 1 aromatic rings.